The van der Waals surface area contributed by atoms with Gasteiger partial charge in [0, 0.05) is 30.7 Å². The number of nitrogens with one attached hydrogen (secondary N) is 1. The molecule has 0 unspecified atom stereocenters. The molecule has 0 bridgehead atoms. The molecule has 1 saturated heterocycles. The fourth-order valence-electron chi connectivity index (χ4n) is 2.94. The van der Waals surface area contributed by atoms with Crippen LogP contribution in [0.1, 0.15) is 35.8 Å². The molecule has 0 radical (unpaired) electrons. The first-order chi connectivity index (χ1) is 11.1. The van der Waals surface area contributed by atoms with E-state index < -0.39 is 0 Å². The number of aromatic amines is 1. The largest absolute Gasteiger partial charge is 0.364 e. The zero-order chi connectivity index (χ0) is 16.4. The zero-order valence-electron chi connectivity index (χ0n) is 13.5. The summed E-state index contributed by atoms with van der Waals surface area (Å²) in [6, 6.07) is 11.4. The highest BCUT2D eigenvalue weighted by atomic mass is 16.2. The highest BCUT2D eigenvalue weighted by molar-refractivity contribution is 6.02. The molecule has 1 aromatic heterocycles. The Balaban J connectivity index is 1.74. The number of carbonyl (C=O) groups is 2. The fourth-order valence-corrected chi connectivity index (χ4v) is 2.94. The number of benzene rings is 1. The summed E-state index contributed by atoms with van der Waals surface area (Å²) in [5.41, 5.74) is 2.48. The van der Waals surface area contributed by atoms with Gasteiger partial charge in [-0.1, -0.05) is 32.0 Å². The van der Waals surface area contributed by atoms with Gasteiger partial charge in [0.1, 0.15) is 6.54 Å². The van der Waals surface area contributed by atoms with Crippen LogP contribution >= 0.6 is 0 Å². The maximum absolute atomic E-state index is 12.7. The molecule has 0 spiro atoms. The summed E-state index contributed by atoms with van der Waals surface area (Å²) < 4.78 is 0. The van der Waals surface area contributed by atoms with Gasteiger partial charge in [-0.05, 0) is 24.1 Å². The maximum Gasteiger partial charge on any atom is 0.256 e. The summed E-state index contributed by atoms with van der Waals surface area (Å²) >= 11 is 0. The van der Waals surface area contributed by atoms with Crippen molar-refractivity contribution in [2.75, 3.05) is 24.5 Å². The van der Waals surface area contributed by atoms with Crippen molar-refractivity contribution in [3.8, 4) is 0 Å². The summed E-state index contributed by atoms with van der Waals surface area (Å²) in [5, 5.41) is 0. The number of para-hydroxylation sites is 1. The molecule has 2 aromatic rings. The first-order valence-corrected chi connectivity index (χ1v) is 7.90. The van der Waals surface area contributed by atoms with E-state index in [0.717, 1.165) is 11.4 Å². The van der Waals surface area contributed by atoms with Crippen LogP contribution in [0.2, 0.25) is 0 Å². The average Bonchev–Trinajstić information content (AvgIpc) is 3.04. The van der Waals surface area contributed by atoms with E-state index in [-0.39, 0.29) is 24.3 Å². The van der Waals surface area contributed by atoms with Crippen molar-refractivity contribution < 1.29 is 9.59 Å². The second kappa shape index (κ2) is 6.28. The first kappa shape index (κ1) is 15.3. The van der Waals surface area contributed by atoms with Gasteiger partial charge < -0.3 is 14.8 Å². The van der Waals surface area contributed by atoms with Gasteiger partial charge in [-0.3, -0.25) is 9.59 Å². The van der Waals surface area contributed by atoms with Crippen molar-refractivity contribution in [1.29, 1.82) is 0 Å². The van der Waals surface area contributed by atoms with Crippen LogP contribution in [0.25, 0.3) is 0 Å². The molecule has 1 N–H and O–H groups in total. The lowest BCUT2D eigenvalue weighted by atomic mass is 10.0. The molecule has 5 heteroatoms. The van der Waals surface area contributed by atoms with Gasteiger partial charge in [0.25, 0.3) is 5.91 Å². The second-order valence-corrected chi connectivity index (χ2v) is 6.07. The summed E-state index contributed by atoms with van der Waals surface area (Å²) in [6.45, 7) is 5.27. The van der Waals surface area contributed by atoms with Crippen molar-refractivity contribution in [2.45, 2.75) is 19.8 Å². The number of amides is 2. The van der Waals surface area contributed by atoms with E-state index in [0.29, 0.717) is 18.7 Å². The molecule has 1 aliphatic rings. The molecule has 23 heavy (non-hydrogen) atoms. The van der Waals surface area contributed by atoms with E-state index in [9.17, 15) is 9.59 Å². The Morgan fingerprint density at radius 1 is 1.13 bits per heavy atom. The maximum atomic E-state index is 12.7. The minimum Gasteiger partial charge on any atom is -0.364 e. The Morgan fingerprint density at radius 3 is 2.52 bits per heavy atom. The third-order valence-electron chi connectivity index (χ3n) is 4.16. The number of aromatic nitrogens is 1. The number of hydrogen-bond donors (Lipinski definition) is 1. The molecule has 0 atom stereocenters. The summed E-state index contributed by atoms with van der Waals surface area (Å²) in [4.78, 5) is 31.6. The Morgan fingerprint density at radius 2 is 1.87 bits per heavy atom. The Hall–Kier alpha value is -2.56. The van der Waals surface area contributed by atoms with Gasteiger partial charge in [-0.15, -0.1) is 0 Å². The number of rotatable bonds is 3. The number of piperazine rings is 1. The van der Waals surface area contributed by atoms with Crippen molar-refractivity contribution in [3.05, 3.63) is 53.9 Å². The molecule has 0 aliphatic carbocycles. The summed E-state index contributed by atoms with van der Waals surface area (Å²) in [5.74, 6) is 0.124. The molecule has 2 amide bonds. The van der Waals surface area contributed by atoms with Crippen LogP contribution in [0.3, 0.4) is 0 Å². The zero-order valence-corrected chi connectivity index (χ0v) is 13.5. The van der Waals surface area contributed by atoms with Gasteiger partial charge in [-0.2, -0.15) is 0 Å². The molecule has 1 fully saturated rings. The predicted octanol–water partition coefficient (Wildman–Crippen LogP) is 2.63. The summed E-state index contributed by atoms with van der Waals surface area (Å²) in [6.07, 6.45) is 1.78. The Kier molecular flexibility index (Phi) is 4.19. The monoisotopic (exact) mass is 311 g/mol. The fraction of sp³-hybridized carbons (Fsp3) is 0.333. The summed E-state index contributed by atoms with van der Waals surface area (Å²) in [7, 11) is 0. The van der Waals surface area contributed by atoms with Crippen LogP contribution in [0, 0.1) is 0 Å². The Bertz CT molecular complexity index is 706. The van der Waals surface area contributed by atoms with E-state index in [1.54, 1.807) is 22.1 Å². The second-order valence-electron chi connectivity index (χ2n) is 6.07. The topological polar surface area (TPSA) is 56.4 Å². The van der Waals surface area contributed by atoms with Gasteiger partial charge >= 0.3 is 0 Å². The van der Waals surface area contributed by atoms with Crippen LogP contribution in [0.15, 0.2) is 42.6 Å². The molecule has 2 heterocycles. The van der Waals surface area contributed by atoms with Gasteiger partial charge in [0.15, 0.2) is 0 Å². The highest BCUT2D eigenvalue weighted by Crippen LogP contribution is 2.21. The van der Waals surface area contributed by atoms with Crippen molar-refractivity contribution in [2.24, 2.45) is 0 Å². The van der Waals surface area contributed by atoms with Gasteiger partial charge in [-0.25, -0.2) is 0 Å². The molecule has 0 saturated carbocycles. The molecule has 5 nitrogen and oxygen atoms in total. The number of H-pyrrole nitrogens is 1. The molecule has 3 rings (SSSR count). The molecule has 120 valence electrons. The molecule has 1 aromatic carbocycles. The predicted molar refractivity (Wildman–Crippen MR) is 89.6 cm³/mol. The van der Waals surface area contributed by atoms with Gasteiger partial charge in [0.2, 0.25) is 5.91 Å². The van der Waals surface area contributed by atoms with E-state index in [4.69, 9.17) is 0 Å². The van der Waals surface area contributed by atoms with Crippen molar-refractivity contribution in [3.63, 3.8) is 0 Å². The van der Waals surface area contributed by atoms with Gasteiger partial charge in [0.05, 0.1) is 5.56 Å². The standard InChI is InChI=1S/C18H21N3O2/c1-13(2)17-15(8-9-19-17)18(23)20-10-11-21(16(22)12-20)14-6-4-3-5-7-14/h3-9,13,19H,10-12H2,1-2H3. The van der Waals surface area contributed by atoms with E-state index in [2.05, 4.69) is 4.98 Å². The number of nitrogens with zero attached hydrogens (tertiary/aromatic N) is 2. The average molecular weight is 311 g/mol. The molecular weight excluding hydrogens is 290 g/mol. The number of anilines is 1. The Labute approximate surface area is 135 Å². The minimum atomic E-state index is -0.0731. The number of hydrogen-bond acceptors (Lipinski definition) is 2. The lowest BCUT2D eigenvalue weighted by molar-refractivity contribution is -0.120. The van der Waals surface area contributed by atoms with Crippen LogP contribution in [0.4, 0.5) is 5.69 Å². The van der Waals surface area contributed by atoms with E-state index in [1.807, 2.05) is 44.2 Å². The van der Waals surface area contributed by atoms with Crippen molar-refractivity contribution >= 4 is 17.5 Å². The van der Waals surface area contributed by atoms with Crippen LogP contribution < -0.4 is 4.90 Å². The smallest absolute Gasteiger partial charge is 0.256 e. The molecular formula is C18H21N3O2. The van der Waals surface area contributed by atoms with E-state index >= 15 is 0 Å². The highest BCUT2D eigenvalue weighted by Gasteiger charge is 2.30. The van der Waals surface area contributed by atoms with Crippen molar-refractivity contribution in [1.82, 2.24) is 9.88 Å². The lowest BCUT2D eigenvalue weighted by Gasteiger charge is -2.34. The lowest BCUT2D eigenvalue weighted by Crippen LogP contribution is -2.52. The quantitative estimate of drug-likeness (QED) is 0.947. The first-order valence-electron chi connectivity index (χ1n) is 7.90. The SMILES string of the molecule is CC(C)c1[nH]ccc1C(=O)N1CCN(c2ccccc2)C(=O)C1. The van der Waals surface area contributed by atoms with Crippen LogP contribution in [0.5, 0.6) is 0 Å². The molecule has 1 aliphatic heterocycles. The van der Waals surface area contributed by atoms with Crippen LogP contribution in [-0.2, 0) is 4.79 Å². The third kappa shape index (κ3) is 2.99. The normalized spacial score (nSPS) is 15.3. The minimum absolute atomic E-state index is 0.0440. The van der Waals surface area contributed by atoms with E-state index in [1.165, 1.54) is 0 Å². The number of carbonyl (C=O) groups excluding carboxylic acids is 2. The third-order valence-corrected chi connectivity index (χ3v) is 4.16. The van der Waals surface area contributed by atoms with Crippen LogP contribution in [-0.4, -0.2) is 41.3 Å².